The van der Waals surface area contributed by atoms with Crippen LogP contribution in [-0.2, 0) is 4.74 Å². The molecule has 0 aliphatic heterocycles. The molecule has 0 spiro atoms. The molecule has 0 unspecified atom stereocenters. The second kappa shape index (κ2) is 5.51. The maximum Gasteiger partial charge on any atom is 0.339 e. The van der Waals surface area contributed by atoms with Crippen LogP contribution in [0.5, 0.6) is 0 Å². The van der Waals surface area contributed by atoms with Crippen molar-refractivity contribution in [3.8, 4) is 5.69 Å². The number of aromatic nitrogens is 2. The van der Waals surface area contributed by atoms with Gasteiger partial charge in [0, 0.05) is 16.0 Å². The Balaban J connectivity index is 2.39. The van der Waals surface area contributed by atoms with Gasteiger partial charge in [0.05, 0.1) is 17.6 Å². The van der Waals surface area contributed by atoms with Crippen LogP contribution in [0.25, 0.3) is 5.69 Å². The largest absolute Gasteiger partial charge is 0.456 e. The molecule has 106 valence electrons. The van der Waals surface area contributed by atoms with E-state index in [4.69, 9.17) is 4.74 Å². The minimum Gasteiger partial charge on any atom is -0.456 e. The lowest BCUT2D eigenvalue weighted by Gasteiger charge is -2.20. The molecule has 0 saturated heterocycles. The van der Waals surface area contributed by atoms with Crippen molar-refractivity contribution in [3.63, 3.8) is 0 Å². The highest BCUT2D eigenvalue weighted by molar-refractivity contribution is 14.1. The minimum absolute atomic E-state index is 0.224. The summed E-state index contributed by atoms with van der Waals surface area (Å²) in [7, 11) is 0. The molecule has 1 aromatic heterocycles. The van der Waals surface area contributed by atoms with Crippen LogP contribution < -0.4 is 0 Å². The standard InChI is InChI=1S/C14H14FIN2O2/c1-14(2,3)20-13(19)9-6-10(15)12(7-11(9)16)18-5-4-17-8-18/h4-8H,1-3H3. The zero-order chi connectivity index (χ0) is 14.9. The number of ether oxygens (including phenoxy) is 1. The van der Waals surface area contributed by atoms with Crippen molar-refractivity contribution < 1.29 is 13.9 Å². The molecule has 2 rings (SSSR count). The van der Waals surface area contributed by atoms with E-state index in [2.05, 4.69) is 4.98 Å². The predicted molar refractivity (Wildman–Crippen MR) is 81.4 cm³/mol. The maximum absolute atomic E-state index is 14.1. The number of nitrogens with zero attached hydrogens (tertiary/aromatic N) is 2. The Morgan fingerprint density at radius 1 is 1.40 bits per heavy atom. The van der Waals surface area contributed by atoms with Gasteiger partial charge in [-0.05, 0) is 55.5 Å². The Morgan fingerprint density at radius 2 is 2.10 bits per heavy atom. The van der Waals surface area contributed by atoms with Gasteiger partial charge < -0.3 is 9.30 Å². The highest BCUT2D eigenvalue weighted by atomic mass is 127. The van der Waals surface area contributed by atoms with E-state index in [0.717, 1.165) is 0 Å². The van der Waals surface area contributed by atoms with E-state index < -0.39 is 17.4 Å². The summed E-state index contributed by atoms with van der Waals surface area (Å²) in [5.74, 6) is -1.03. The molecule has 0 amide bonds. The Kier molecular flexibility index (Phi) is 4.12. The number of hydrogen-bond acceptors (Lipinski definition) is 3. The molecule has 0 aliphatic rings. The van der Waals surface area contributed by atoms with E-state index in [-0.39, 0.29) is 5.56 Å². The zero-order valence-electron chi connectivity index (χ0n) is 11.4. The van der Waals surface area contributed by atoms with Gasteiger partial charge in [0.25, 0.3) is 0 Å². The summed E-state index contributed by atoms with van der Waals surface area (Å²) in [5.41, 5.74) is -0.0410. The van der Waals surface area contributed by atoms with E-state index in [1.54, 1.807) is 43.8 Å². The lowest BCUT2D eigenvalue weighted by molar-refractivity contribution is 0.00678. The van der Waals surface area contributed by atoms with E-state index in [1.807, 2.05) is 22.6 Å². The molecule has 0 fully saturated rings. The first-order chi connectivity index (χ1) is 9.28. The summed E-state index contributed by atoms with van der Waals surface area (Å²) >= 11 is 1.99. The van der Waals surface area contributed by atoms with E-state index in [1.165, 1.54) is 12.4 Å². The summed E-state index contributed by atoms with van der Waals surface area (Å²) in [4.78, 5) is 15.9. The van der Waals surface area contributed by atoms with Gasteiger partial charge in [-0.25, -0.2) is 14.2 Å². The molecular formula is C14H14FIN2O2. The monoisotopic (exact) mass is 388 g/mol. The molecule has 0 radical (unpaired) electrons. The molecule has 0 aliphatic carbocycles. The van der Waals surface area contributed by atoms with Gasteiger partial charge >= 0.3 is 5.97 Å². The quantitative estimate of drug-likeness (QED) is 0.584. The summed E-state index contributed by atoms with van der Waals surface area (Å²) in [6.45, 7) is 5.32. The van der Waals surface area contributed by atoms with Crippen molar-refractivity contribution in [2.24, 2.45) is 0 Å². The van der Waals surface area contributed by atoms with E-state index in [9.17, 15) is 9.18 Å². The minimum atomic E-state index is -0.611. The van der Waals surface area contributed by atoms with Gasteiger partial charge in [-0.3, -0.25) is 0 Å². The van der Waals surface area contributed by atoms with E-state index >= 15 is 0 Å². The van der Waals surface area contributed by atoms with Crippen LogP contribution in [0.15, 0.2) is 30.9 Å². The average Bonchev–Trinajstić information content (AvgIpc) is 2.82. The predicted octanol–water partition coefficient (Wildman–Crippen LogP) is 3.57. The number of esters is 1. The average molecular weight is 388 g/mol. The van der Waals surface area contributed by atoms with Gasteiger partial charge in [0.15, 0.2) is 0 Å². The molecule has 1 heterocycles. The third-order valence-corrected chi connectivity index (χ3v) is 3.33. The fourth-order valence-corrected chi connectivity index (χ4v) is 2.30. The number of halogens is 2. The SMILES string of the molecule is CC(C)(C)OC(=O)c1cc(F)c(-n2ccnc2)cc1I. The number of carbonyl (C=O) groups is 1. The van der Waals surface area contributed by atoms with Crippen LogP contribution in [0.1, 0.15) is 31.1 Å². The third-order valence-electron chi connectivity index (χ3n) is 2.44. The van der Waals surface area contributed by atoms with Crippen LogP contribution in [-0.4, -0.2) is 21.1 Å². The van der Waals surface area contributed by atoms with Gasteiger partial charge in [-0.2, -0.15) is 0 Å². The van der Waals surface area contributed by atoms with Crippen molar-refractivity contribution in [2.75, 3.05) is 0 Å². The molecule has 0 atom stereocenters. The first kappa shape index (κ1) is 15.0. The lowest BCUT2D eigenvalue weighted by Crippen LogP contribution is -2.24. The van der Waals surface area contributed by atoms with Gasteiger partial charge in [0.1, 0.15) is 11.4 Å². The van der Waals surface area contributed by atoms with Crippen LogP contribution in [0, 0.1) is 9.39 Å². The van der Waals surface area contributed by atoms with Gasteiger partial charge in [-0.1, -0.05) is 0 Å². The Labute approximate surface area is 130 Å². The second-order valence-electron chi connectivity index (χ2n) is 5.26. The summed E-state index contributed by atoms with van der Waals surface area (Å²) in [5, 5.41) is 0. The number of benzene rings is 1. The number of imidazole rings is 1. The normalized spacial score (nSPS) is 11.4. The molecule has 4 nitrogen and oxygen atoms in total. The fourth-order valence-electron chi connectivity index (χ4n) is 1.63. The van der Waals surface area contributed by atoms with Crippen LogP contribution in [0.2, 0.25) is 0 Å². The smallest absolute Gasteiger partial charge is 0.339 e. The molecule has 0 saturated carbocycles. The van der Waals surface area contributed by atoms with Gasteiger partial charge in [0.2, 0.25) is 0 Å². The van der Waals surface area contributed by atoms with Crippen LogP contribution in [0.3, 0.4) is 0 Å². The Morgan fingerprint density at radius 3 is 2.65 bits per heavy atom. The van der Waals surface area contributed by atoms with Crippen molar-refractivity contribution in [2.45, 2.75) is 26.4 Å². The summed E-state index contributed by atoms with van der Waals surface area (Å²) in [6.07, 6.45) is 4.71. The van der Waals surface area contributed by atoms with Crippen molar-refractivity contribution in [3.05, 3.63) is 45.8 Å². The molecule has 2 aromatic rings. The molecule has 6 heteroatoms. The number of carbonyl (C=O) groups excluding carboxylic acids is 1. The van der Waals surface area contributed by atoms with Crippen molar-refractivity contribution in [1.82, 2.24) is 9.55 Å². The van der Waals surface area contributed by atoms with Crippen molar-refractivity contribution >= 4 is 28.6 Å². The Bertz CT molecular complexity index is 633. The van der Waals surface area contributed by atoms with Crippen LogP contribution >= 0.6 is 22.6 Å². The molecule has 20 heavy (non-hydrogen) atoms. The van der Waals surface area contributed by atoms with Crippen LogP contribution in [0.4, 0.5) is 4.39 Å². The Hall–Kier alpha value is -1.44. The molecule has 0 N–H and O–H groups in total. The molecular weight excluding hydrogens is 374 g/mol. The number of rotatable bonds is 2. The lowest BCUT2D eigenvalue weighted by atomic mass is 10.1. The zero-order valence-corrected chi connectivity index (χ0v) is 13.5. The summed E-state index contributed by atoms with van der Waals surface area (Å²) in [6, 6.07) is 2.79. The first-order valence-electron chi connectivity index (χ1n) is 5.98. The summed E-state index contributed by atoms with van der Waals surface area (Å²) < 4.78 is 21.6. The molecule has 1 aromatic carbocycles. The fraction of sp³-hybridized carbons (Fsp3) is 0.286. The van der Waals surface area contributed by atoms with Gasteiger partial charge in [-0.15, -0.1) is 0 Å². The van der Waals surface area contributed by atoms with E-state index in [0.29, 0.717) is 9.26 Å². The highest BCUT2D eigenvalue weighted by Crippen LogP contribution is 2.23. The first-order valence-corrected chi connectivity index (χ1v) is 7.06. The molecule has 0 bridgehead atoms. The highest BCUT2D eigenvalue weighted by Gasteiger charge is 2.21. The van der Waals surface area contributed by atoms with Crippen molar-refractivity contribution in [1.29, 1.82) is 0 Å². The topological polar surface area (TPSA) is 44.1 Å². The second-order valence-corrected chi connectivity index (χ2v) is 6.42. The number of hydrogen-bond donors (Lipinski definition) is 0. The maximum atomic E-state index is 14.1. The third kappa shape index (κ3) is 3.36.